The van der Waals surface area contributed by atoms with Crippen LogP contribution in [0.1, 0.15) is 47.0 Å². The Hall–Kier alpha value is -0.530. The van der Waals surface area contributed by atoms with Crippen molar-refractivity contribution in [1.29, 1.82) is 0 Å². The zero-order valence-corrected chi connectivity index (χ0v) is 9.59. The van der Waals surface area contributed by atoms with Crippen LogP contribution in [0.25, 0.3) is 0 Å². The average molecular weight is 196 g/mol. The van der Waals surface area contributed by atoms with E-state index in [9.17, 15) is 4.79 Å². The minimum Gasteiger partial charge on any atom is -0.462 e. The second-order valence-corrected chi connectivity index (χ2v) is 5.71. The van der Waals surface area contributed by atoms with Gasteiger partial charge in [-0.05, 0) is 30.6 Å². The van der Waals surface area contributed by atoms with Crippen molar-refractivity contribution < 1.29 is 9.53 Å². The van der Waals surface area contributed by atoms with Crippen molar-refractivity contribution in [3.63, 3.8) is 0 Å². The molecule has 14 heavy (non-hydrogen) atoms. The zero-order chi connectivity index (χ0) is 10.6. The lowest BCUT2D eigenvalue weighted by Gasteiger charge is -2.38. The van der Waals surface area contributed by atoms with E-state index in [4.69, 9.17) is 4.74 Å². The van der Waals surface area contributed by atoms with Gasteiger partial charge in [0, 0.05) is 12.3 Å². The van der Waals surface area contributed by atoms with Crippen molar-refractivity contribution >= 4 is 5.97 Å². The van der Waals surface area contributed by atoms with Gasteiger partial charge in [0.15, 0.2) is 0 Å². The molecule has 2 heteroatoms. The second kappa shape index (κ2) is 2.74. The molecule has 0 aliphatic heterocycles. The number of carbonyl (C=O) groups excluding carboxylic acids is 1. The molecule has 2 aliphatic carbocycles. The van der Waals surface area contributed by atoms with Crippen LogP contribution in [-0.2, 0) is 9.53 Å². The van der Waals surface area contributed by atoms with E-state index < -0.39 is 0 Å². The summed E-state index contributed by atoms with van der Waals surface area (Å²) in [5, 5.41) is 0. The molecule has 2 saturated carbocycles. The monoisotopic (exact) mass is 196 g/mol. The molecule has 0 heterocycles. The number of carbonyl (C=O) groups is 1. The van der Waals surface area contributed by atoms with Crippen LogP contribution >= 0.6 is 0 Å². The summed E-state index contributed by atoms with van der Waals surface area (Å²) in [5.41, 5.74) is 0.552. The van der Waals surface area contributed by atoms with Crippen LogP contribution in [0.4, 0.5) is 0 Å². The summed E-state index contributed by atoms with van der Waals surface area (Å²) in [4.78, 5) is 11.0. The molecule has 0 spiro atoms. The number of ether oxygens (including phenoxy) is 1. The van der Waals surface area contributed by atoms with Crippen LogP contribution in [-0.4, -0.2) is 12.1 Å². The molecule has 80 valence electrons. The van der Waals surface area contributed by atoms with Crippen molar-refractivity contribution in [3.05, 3.63) is 0 Å². The predicted molar refractivity (Wildman–Crippen MR) is 54.8 cm³/mol. The Kier molecular flexibility index (Phi) is 1.96. The lowest BCUT2D eigenvalue weighted by molar-refractivity contribution is -0.154. The van der Waals surface area contributed by atoms with Crippen molar-refractivity contribution in [3.8, 4) is 0 Å². The third kappa shape index (κ3) is 1.06. The topological polar surface area (TPSA) is 26.3 Å². The molecular formula is C12H20O2. The van der Waals surface area contributed by atoms with E-state index >= 15 is 0 Å². The highest BCUT2D eigenvalue weighted by molar-refractivity contribution is 5.66. The van der Waals surface area contributed by atoms with Crippen molar-refractivity contribution in [2.45, 2.75) is 53.1 Å². The third-order valence-corrected chi connectivity index (χ3v) is 5.02. The van der Waals surface area contributed by atoms with E-state index in [1.807, 2.05) is 0 Å². The summed E-state index contributed by atoms with van der Waals surface area (Å²) < 4.78 is 5.44. The van der Waals surface area contributed by atoms with Gasteiger partial charge < -0.3 is 4.74 Å². The summed E-state index contributed by atoms with van der Waals surface area (Å²) in [7, 11) is 0. The van der Waals surface area contributed by atoms with Crippen LogP contribution < -0.4 is 0 Å². The minimum absolute atomic E-state index is 0.125. The maximum atomic E-state index is 11.0. The van der Waals surface area contributed by atoms with E-state index in [2.05, 4.69) is 20.8 Å². The first-order valence-electron chi connectivity index (χ1n) is 5.55. The van der Waals surface area contributed by atoms with E-state index in [-0.39, 0.29) is 17.5 Å². The van der Waals surface area contributed by atoms with Gasteiger partial charge in [-0.25, -0.2) is 0 Å². The van der Waals surface area contributed by atoms with Crippen molar-refractivity contribution in [2.75, 3.05) is 0 Å². The Morgan fingerprint density at radius 2 is 2.00 bits per heavy atom. The molecule has 2 aliphatic rings. The smallest absolute Gasteiger partial charge is 0.302 e. The third-order valence-electron chi connectivity index (χ3n) is 5.02. The van der Waals surface area contributed by atoms with Gasteiger partial charge in [-0.15, -0.1) is 0 Å². The highest BCUT2D eigenvalue weighted by Crippen LogP contribution is 2.66. The summed E-state index contributed by atoms with van der Waals surface area (Å²) >= 11 is 0. The summed E-state index contributed by atoms with van der Waals surface area (Å²) in [6.07, 6.45) is 3.75. The van der Waals surface area contributed by atoms with E-state index in [1.165, 1.54) is 19.8 Å². The van der Waals surface area contributed by atoms with Gasteiger partial charge in [-0.3, -0.25) is 4.79 Å². The molecule has 0 amide bonds. The van der Waals surface area contributed by atoms with E-state index in [1.54, 1.807) is 0 Å². The Morgan fingerprint density at radius 1 is 1.36 bits per heavy atom. The van der Waals surface area contributed by atoms with Crippen LogP contribution in [0.3, 0.4) is 0 Å². The van der Waals surface area contributed by atoms with Gasteiger partial charge in [-0.1, -0.05) is 20.8 Å². The van der Waals surface area contributed by atoms with E-state index in [0.717, 1.165) is 12.3 Å². The molecule has 0 aromatic heterocycles. The van der Waals surface area contributed by atoms with Crippen molar-refractivity contribution in [2.24, 2.45) is 16.7 Å². The zero-order valence-electron chi connectivity index (χ0n) is 9.59. The van der Waals surface area contributed by atoms with E-state index in [0.29, 0.717) is 5.41 Å². The molecule has 0 N–H and O–H groups in total. The fourth-order valence-electron chi connectivity index (χ4n) is 3.51. The van der Waals surface area contributed by atoms with Gasteiger partial charge in [0.25, 0.3) is 0 Å². The number of rotatable bonds is 1. The normalized spacial score (nSPS) is 44.0. The molecule has 0 unspecified atom stereocenters. The van der Waals surface area contributed by atoms with Gasteiger partial charge in [-0.2, -0.15) is 0 Å². The fraction of sp³-hybridized carbons (Fsp3) is 0.917. The van der Waals surface area contributed by atoms with Gasteiger partial charge >= 0.3 is 5.97 Å². The maximum Gasteiger partial charge on any atom is 0.302 e. The summed E-state index contributed by atoms with van der Waals surface area (Å²) in [6, 6.07) is 0. The molecular weight excluding hydrogens is 176 g/mol. The second-order valence-electron chi connectivity index (χ2n) is 5.71. The summed E-state index contributed by atoms with van der Waals surface area (Å²) in [6.45, 7) is 8.46. The lowest BCUT2D eigenvalue weighted by atomic mass is 9.70. The highest BCUT2D eigenvalue weighted by Gasteiger charge is 2.62. The van der Waals surface area contributed by atoms with Crippen LogP contribution in [0.15, 0.2) is 0 Å². The molecule has 0 aromatic rings. The SMILES string of the molecule is CC(=O)O[C@@H]1C[C@H]2CC[C@@]1(C)C2(C)C. The Bertz CT molecular complexity index is 269. The Labute approximate surface area is 86.0 Å². The first-order valence-corrected chi connectivity index (χ1v) is 5.55. The quantitative estimate of drug-likeness (QED) is 0.603. The van der Waals surface area contributed by atoms with Crippen LogP contribution in [0.2, 0.25) is 0 Å². The number of esters is 1. The molecule has 0 aromatic carbocycles. The molecule has 2 fully saturated rings. The summed E-state index contributed by atoms with van der Waals surface area (Å²) in [5.74, 6) is 0.622. The van der Waals surface area contributed by atoms with Gasteiger partial charge in [0.2, 0.25) is 0 Å². The van der Waals surface area contributed by atoms with Crippen LogP contribution in [0, 0.1) is 16.7 Å². The molecule has 2 bridgehead atoms. The van der Waals surface area contributed by atoms with Gasteiger partial charge in [0.1, 0.15) is 6.10 Å². The standard InChI is InChI=1S/C12H20O2/c1-8(13)14-10-7-9-5-6-12(10,4)11(9,2)3/h9-10H,5-7H2,1-4H3/t9-,10-,12-/m1/s1. The van der Waals surface area contributed by atoms with Crippen molar-refractivity contribution in [1.82, 2.24) is 0 Å². The average Bonchev–Trinajstić information content (AvgIpc) is 2.35. The maximum absolute atomic E-state index is 11.0. The number of hydrogen-bond donors (Lipinski definition) is 0. The highest BCUT2D eigenvalue weighted by atomic mass is 16.5. The minimum atomic E-state index is -0.125. The van der Waals surface area contributed by atoms with Crippen LogP contribution in [0.5, 0.6) is 0 Å². The molecule has 3 atom stereocenters. The predicted octanol–water partition coefficient (Wildman–Crippen LogP) is 2.76. The van der Waals surface area contributed by atoms with Gasteiger partial charge in [0.05, 0.1) is 0 Å². The molecule has 2 nitrogen and oxygen atoms in total. The first kappa shape index (κ1) is 10.0. The molecule has 2 rings (SSSR count). The number of hydrogen-bond acceptors (Lipinski definition) is 2. The fourth-order valence-corrected chi connectivity index (χ4v) is 3.51. The largest absolute Gasteiger partial charge is 0.462 e. The molecule has 0 radical (unpaired) electrons. The number of fused-ring (bicyclic) bond motifs is 2. The Balaban J connectivity index is 2.23. The molecule has 0 saturated heterocycles. The Morgan fingerprint density at radius 3 is 2.36 bits per heavy atom. The lowest BCUT2D eigenvalue weighted by Crippen LogP contribution is -2.37. The first-order chi connectivity index (χ1) is 6.38.